The number of aromatic nitrogens is 4. The molecular formula is C12H14BrN5OS. The number of halogens is 1. The molecule has 1 heterocycles. The summed E-state index contributed by atoms with van der Waals surface area (Å²) in [5, 5.41) is 14.3. The molecule has 2 aromatic rings. The summed E-state index contributed by atoms with van der Waals surface area (Å²) in [4.78, 5) is 12.2. The number of anilines is 1. The van der Waals surface area contributed by atoms with Crippen molar-refractivity contribution in [3.63, 3.8) is 0 Å². The summed E-state index contributed by atoms with van der Waals surface area (Å²) in [6.07, 6.45) is 0. The molecule has 1 unspecified atom stereocenters. The number of hydrogen-bond acceptors (Lipinski definition) is 5. The molecule has 0 aliphatic carbocycles. The Balaban J connectivity index is 2.02. The zero-order chi connectivity index (χ0) is 14.7. The van der Waals surface area contributed by atoms with Crippen LogP contribution in [0.2, 0.25) is 0 Å². The van der Waals surface area contributed by atoms with Crippen LogP contribution in [0.15, 0.2) is 27.8 Å². The Hall–Kier alpha value is -1.41. The third kappa shape index (κ3) is 3.57. The summed E-state index contributed by atoms with van der Waals surface area (Å²) < 4.78 is 2.40. The van der Waals surface area contributed by atoms with E-state index in [-0.39, 0.29) is 11.2 Å². The van der Waals surface area contributed by atoms with Crippen LogP contribution in [-0.2, 0) is 11.8 Å². The monoisotopic (exact) mass is 355 g/mol. The van der Waals surface area contributed by atoms with Crippen molar-refractivity contribution in [3.8, 4) is 0 Å². The highest BCUT2D eigenvalue weighted by atomic mass is 79.9. The van der Waals surface area contributed by atoms with Gasteiger partial charge < -0.3 is 5.32 Å². The molecule has 1 N–H and O–H groups in total. The standard InChI is InChI=1S/C12H14BrN5OS/c1-7-4-5-10(9(13)6-7)14-11(19)8(2)20-12-15-16-17-18(12)3/h4-6,8H,1-3H3,(H,14,19). The minimum absolute atomic E-state index is 0.0949. The Labute approximate surface area is 129 Å². The third-order valence-electron chi connectivity index (χ3n) is 2.62. The molecule has 1 aromatic carbocycles. The van der Waals surface area contributed by atoms with E-state index in [9.17, 15) is 4.79 Å². The second-order valence-electron chi connectivity index (χ2n) is 4.32. The van der Waals surface area contributed by atoms with Crippen LogP contribution in [0, 0.1) is 6.92 Å². The molecule has 0 radical (unpaired) electrons. The van der Waals surface area contributed by atoms with Crippen molar-refractivity contribution in [1.29, 1.82) is 0 Å². The quantitative estimate of drug-likeness (QED) is 0.852. The Morgan fingerprint density at radius 3 is 2.85 bits per heavy atom. The van der Waals surface area contributed by atoms with Crippen molar-refractivity contribution in [3.05, 3.63) is 28.2 Å². The highest BCUT2D eigenvalue weighted by Crippen LogP contribution is 2.25. The van der Waals surface area contributed by atoms with Crippen molar-refractivity contribution in [2.45, 2.75) is 24.3 Å². The van der Waals surface area contributed by atoms with E-state index in [0.717, 1.165) is 15.7 Å². The number of thioether (sulfide) groups is 1. The first-order valence-corrected chi connectivity index (χ1v) is 7.60. The highest BCUT2D eigenvalue weighted by molar-refractivity contribution is 9.10. The molecule has 20 heavy (non-hydrogen) atoms. The summed E-state index contributed by atoms with van der Waals surface area (Å²) in [5.74, 6) is -0.0949. The summed E-state index contributed by atoms with van der Waals surface area (Å²) in [7, 11) is 1.74. The molecule has 0 bridgehead atoms. The van der Waals surface area contributed by atoms with Crippen molar-refractivity contribution < 1.29 is 4.79 Å². The van der Waals surface area contributed by atoms with Crippen LogP contribution in [0.25, 0.3) is 0 Å². The Morgan fingerprint density at radius 2 is 2.25 bits per heavy atom. The average molecular weight is 356 g/mol. The average Bonchev–Trinajstić information content (AvgIpc) is 2.78. The molecule has 0 saturated carbocycles. The van der Waals surface area contributed by atoms with Gasteiger partial charge in [0.2, 0.25) is 11.1 Å². The van der Waals surface area contributed by atoms with Gasteiger partial charge in [-0.2, -0.15) is 0 Å². The molecule has 106 valence electrons. The molecule has 6 nitrogen and oxygen atoms in total. The summed E-state index contributed by atoms with van der Waals surface area (Å²) in [6, 6.07) is 5.78. The van der Waals surface area contributed by atoms with Crippen molar-refractivity contribution in [2.75, 3.05) is 5.32 Å². The molecule has 8 heteroatoms. The Kier molecular flexibility index (Phi) is 4.77. The van der Waals surface area contributed by atoms with Crippen molar-refractivity contribution >= 4 is 39.3 Å². The number of carbonyl (C=O) groups excluding carboxylic acids is 1. The van der Waals surface area contributed by atoms with E-state index in [1.54, 1.807) is 7.05 Å². The van der Waals surface area contributed by atoms with E-state index in [1.165, 1.54) is 16.4 Å². The maximum absolute atomic E-state index is 12.2. The summed E-state index contributed by atoms with van der Waals surface area (Å²) >= 11 is 4.75. The Bertz CT molecular complexity index is 630. The van der Waals surface area contributed by atoms with Crippen molar-refractivity contribution in [1.82, 2.24) is 20.2 Å². The smallest absolute Gasteiger partial charge is 0.237 e. The van der Waals surface area contributed by atoms with Gasteiger partial charge in [0.25, 0.3) is 0 Å². The largest absolute Gasteiger partial charge is 0.324 e. The number of amides is 1. The number of nitrogens with one attached hydrogen (secondary N) is 1. The molecule has 0 aliphatic heterocycles. The number of benzene rings is 1. The second kappa shape index (κ2) is 6.36. The maximum atomic E-state index is 12.2. The van der Waals surface area contributed by atoms with Crippen LogP contribution in [0.4, 0.5) is 5.69 Å². The fourth-order valence-corrected chi connectivity index (χ4v) is 2.84. The van der Waals surface area contributed by atoms with Crippen LogP contribution in [0.1, 0.15) is 12.5 Å². The lowest BCUT2D eigenvalue weighted by Gasteiger charge is -2.12. The lowest BCUT2D eigenvalue weighted by Crippen LogP contribution is -2.23. The molecule has 2 rings (SSSR count). The maximum Gasteiger partial charge on any atom is 0.237 e. The Morgan fingerprint density at radius 1 is 1.50 bits per heavy atom. The van der Waals surface area contributed by atoms with Crippen LogP contribution in [0.3, 0.4) is 0 Å². The first kappa shape index (κ1) is 15.0. The molecule has 0 fully saturated rings. The summed E-state index contributed by atoms with van der Waals surface area (Å²) in [6.45, 7) is 3.81. The number of nitrogens with zero attached hydrogens (tertiary/aromatic N) is 4. The van der Waals surface area contributed by atoms with Gasteiger partial charge in [-0.25, -0.2) is 4.68 Å². The lowest BCUT2D eigenvalue weighted by molar-refractivity contribution is -0.115. The number of carbonyl (C=O) groups is 1. The van der Waals surface area contributed by atoms with Gasteiger partial charge >= 0.3 is 0 Å². The third-order valence-corrected chi connectivity index (χ3v) is 4.40. The topological polar surface area (TPSA) is 72.7 Å². The fraction of sp³-hybridized carbons (Fsp3) is 0.333. The van der Waals surface area contributed by atoms with Gasteiger partial charge in [-0.15, -0.1) is 5.10 Å². The van der Waals surface area contributed by atoms with E-state index >= 15 is 0 Å². The molecule has 1 aromatic heterocycles. The predicted molar refractivity (Wildman–Crippen MR) is 81.6 cm³/mol. The highest BCUT2D eigenvalue weighted by Gasteiger charge is 2.18. The molecular weight excluding hydrogens is 342 g/mol. The zero-order valence-electron chi connectivity index (χ0n) is 11.3. The SMILES string of the molecule is Cc1ccc(NC(=O)C(C)Sc2nnnn2C)c(Br)c1. The molecule has 1 atom stereocenters. The fourth-order valence-electron chi connectivity index (χ4n) is 1.49. The van der Waals surface area contributed by atoms with Gasteiger partial charge in [0, 0.05) is 11.5 Å². The lowest BCUT2D eigenvalue weighted by atomic mass is 10.2. The van der Waals surface area contributed by atoms with Gasteiger partial charge in [-0.1, -0.05) is 17.8 Å². The minimum atomic E-state index is -0.298. The molecule has 0 spiro atoms. The predicted octanol–water partition coefficient (Wildman–Crippen LogP) is 2.40. The van der Waals surface area contributed by atoms with Crippen molar-refractivity contribution in [2.24, 2.45) is 7.05 Å². The number of tetrazole rings is 1. The number of rotatable bonds is 4. The first-order valence-electron chi connectivity index (χ1n) is 5.93. The second-order valence-corrected chi connectivity index (χ2v) is 6.48. The van der Waals surface area contributed by atoms with E-state index in [2.05, 4.69) is 36.8 Å². The van der Waals surface area contributed by atoms with Gasteiger partial charge in [0.15, 0.2) is 0 Å². The molecule has 0 aliphatic rings. The van der Waals surface area contributed by atoms with Crippen LogP contribution >= 0.6 is 27.7 Å². The van der Waals surface area contributed by atoms with E-state index < -0.39 is 0 Å². The number of aryl methyl sites for hydroxylation is 2. The van der Waals surface area contributed by atoms with Crippen LogP contribution < -0.4 is 5.32 Å². The molecule has 0 saturated heterocycles. The van der Waals surface area contributed by atoms with Crippen LogP contribution in [-0.4, -0.2) is 31.4 Å². The van der Waals surface area contributed by atoms with Gasteiger partial charge in [-0.05, 0) is 57.9 Å². The first-order chi connectivity index (χ1) is 9.47. The van der Waals surface area contributed by atoms with E-state index in [4.69, 9.17) is 0 Å². The minimum Gasteiger partial charge on any atom is -0.324 e. The zero-order valence-corrected chi connectivity index (χ0v) is 13.7. The normalized spacial score (nSPS) is 12.2. The van der Waals surface area contributed by atoms with Gasteiger partial charge in [-0.3, -0.25) is 4.79 Å². The molecule has 1 amide bonds. The number of hydrogen-bond donors (Lipinski definition) is 1. The van der Waals surface area contributed by atoms with Crippen LogP contribution in [0.5, 0.6) is 0 Å². The summed E-state index contributed by atoms with van der Waals surface area (Å²) in [5.41, 5.74) is 1.88. The van der Waals surface area contributed by atoms with Gasteiger partial charge in [0.05, 0.1) is 10.9 Å². The van der Waals surface area contributed by atoms with Gasteiger partial charge in [0.1, 0.15) is 0 Å². The van der Waals surface area contributed by atoms with E-state index in [0.29, 0.717) is 5.16 Å². The van der Waals surface area contributed by atoms with E-state index in [1.807, 2.05) is 32.0 Å².